The zero-order chi connectivity index (χ0) is 12.3. The van der Waals surface area contributed by atoms with Gasteiger partial charge in [0.05, 0.1) is 5.02 Å². The lowest BCUT2D eigenvalue weighted by Gasteiger charge is -2.28. The van der Waals surface area contributed by atoms with Crippen molar-refractivity contribution >= 4 is 11.6 Å². The van der Waals surface area contributed by atoms with Crippen LogP contribution in [0.3, 0.4) is 0 Å². The molecule has 2 N–H and O–H groups in total. The Bertz CT molecular complexity index is 366. The molecule has 0 aliphatic rings. The van der Waals surface area contributed by atoms with Crippen LogP contribution in [-0.4, -0.2) is 11.6 Å². The topological polar surface area (TPSA) is 35.2 Å². The molecule has 0 aliphatic heterocycles. The lowest BCUT2D eigenvalue weighted by Crippen LogP contribution is -2.35. The minimum absolute atomic E-state index is 0.0363. The van der Waals surface area contributed by atoms with E-state index >= 15 is 0 Å². The van der Waals surface area contributed by atoms with Gasteiger partial charge in [-0.1, -0.05) is 11.6 Å². The highest BCUT2D eigenvalue weighted by atomic mass is 35.5. The summed E-state index contributed by atoms with van der Waals surface area (Å²) in [5.41, 5.74) is 5.30. The third-order valence-corrected chi connectivity index (χ3v) is 2.39. The third-order valence-electron chi connectivity index (χ3n) is 2.09. The van der Waals surface area contributed by atoms with Crippen LogP contribution < -0.4 is 10.5 Å². The minimum atomic E-state index is -0.421. The molecule has 0 amide bonds. The SMILES string of the molecule is CC(N)CC(C)(C)Oc1ccc(F)cc1Cl. The van der Waals surface area contributed by atoms with Crippen molar-refractivity contribution in [2.75, 3.05) is 0 Å². The molecular weight excluding hydrogens is 229 g/mol. The molecule has 0 aromatic heterocycles. The molecule has 1 unspecified atom stereocenters. The maximum Gasteiger partial charge on any atom is 0.138 e. The van der Waals surface area contributed by atoms with Gasteiger partial charge in [-0.3, -0.25) is 0 Å². The summed E-state index contributed by atoms with van der Waals surface area (Å²) in [6.07, 6.45) is 0.695. The third kappa shape index (κ3) is 3.99. The fourth-order valence-corrected chi connectivity index (χ4v) is 1.88. The summed E-state index contributed by atoms with van der Waals surface area (Å²) >= 11 is 5.88. The largest absolute Gasteiger partial charge is 0.486 e. The molecule has 0 saturated carbocycles. The molecular formula is C12H17ClFNO. The first kappa shape index (κ1) is 13.3. The Hall–Kier alpha value is -0.800. The van der Waals surface area contributed by atoms with Crippen LogP contribution in [0.15, 0.2) is 18.2 Å². The van der Waals surface area contributed by atoms with Gasteiger partial charge < -0.3 is 10.5 Å². The Balaban J connectivity index is 2.79. The van der Waals surface area contributed by atoms with Gasteiger partial charge in [-0.15, -0.1) is 0 Å². The summed E-state index contributed by atoms with van der Waals surface area (Å²) in [5, 5.41) is 0.276. The normalized spacial score (nSPS) is 13.6. The van der Waals surface area contributed by atoms with Crippen LogP contribution in [0, 0.1) is 5.82 Å². The number of ether oxygens (including phenoxy) is 1. The Kier molecular flexibility index (Phi) is 4.16. The van der Waals surface area contributed by atoms with Crippen LogP contribution in [0.5, 0.6) is 5.75 Å². The number of halogens is 2. The average Bonchev–Trinajstić information content (AvgIpc) is 2.07. The highest BCUT2D eigenvalue weighted by molar-refractivity contribution is 6.32. The Morgan fingerprint density at radius 1 is 1.50 bits per heavy atom. The molecule has 90 valence electrons. The Morgan fingerprint density at radius 3 is 2.62 bits per heavy atom. The molecule has 16 heavy (non-hydrogen) atoms. The quantitative estimate of drug-likeness (QED) is 0.883. The summed E-state index contributed by atoms with van der Waals surface area (Å²) in [4.78, 5) is 0. The Labute approximate surface area is 101 Å². The smallest absolute Gasteiger partial charge is 0.138 e. The lowest BCUT2D eigenvalue weighted by molar-refractivity contribution is 0.0933. The molecule has 0 spiro atoms. The van der Waals surface area contributed by atoms with E-state index in [0.717, 1.165) is 0 Å². The van der Waals surface area contributed by atoms with E-state index in [4.69, 9.17) is 22.1 Å². The monoisotopic (exact) mass is 245 g/mol. The van der Waals surface area contributed by atoms with E-state index < -0.39 is 5.60 Å². The van der Waals surface area contributed by atoms with Crippen molar-refractivity contribution in [2.45, 2.75) is 38.8 Å². The van der Waals surface area contributed by atoms with Crippen LogP contribution in [0.4, 0.5) is 4.39 Å². The van der Waals surface area contributed by atoms with E-state index in [1.807, 2.05) is 20.8 Å². The standard InChI is InChI=1S/C12H17ClFNO/c1-8(15)7-12(2,3)16-11-5-4-9(14)6-10(11)13/h4-6,8H,7,15H2,1-3H3. The van der Waals surface area contributed by atoms with Crippen molar-refractivity contribution in [3.8, 4) is 5.75 Å². The first-order chi connectivity index (χ1) is 7.30. The van der Waals surface area contributed by atoms with Gasteiger partial charge >= 0.3 is 0 Å². The zero-order valence-corrected chi connectivity index (χ0v) is 10.5. The molecule has 0 bridgehead atoms. The number of hydrogen-bond acceptors (Lipinski definition) is 2. The maximum absolute atomic E-state index is 12.8. The first-order valence-corrected chi connectivity index (χ1v) is 5.57. The van der Waals surface area contributed by atoms with Gasteiger partial charge in [0.1, 0.15) is 17.2 Å². The molecule has 0 aliphatic carbocycles. The molecule has 0 heterocycles. The lowest BCUT2D eigenvalue weighted by atomic mass is 10.0. The number of benzene rings is 1. The molecule has 4 heteroatoms. The van der Waals surface area contributed by atoms with Gasteiger partial charge in [0.15, 0.2) is 0 Å². The second-order valence-corrected chi connectivity index (χ2v) is 5.03. The predicted molar refractivity (Wildman–Crippen MR) is 64.4 cm³/mol. The predicted octanol–water partition coefficient (Wildman–Crippen LogP) is 3.37. The molecule has 1 atom stereocenters. The van der Waals surface area contributed by atoms with Crippen molar-refractivity contribution in [1.29, 1.82) is 0 Å². The highest BCUT2D eigenvalue weighted by Gasteiger charge is 2.22. The van der Waals surface area contributed by atoms with E-state index in [1.54, 1.807) is 0 Å². The van der Waals surface area contributed by atoms with Gasteiger partial charge in [0.25, 0.3) is 0 Å². The summed E-state index contributed by atoms with van der Waals surface area (Å²) in [6, 6.07) is 4.12. The van der Waals surface area contributed by atoms with E-state index in [1.165, 1.54) is 18.2 Å². The van der Waals surface area contributed by atoms with Gasteiger partial charge in [-0.25, -0.2) is 4.39 Å². The second kappa shape index (κ2) is 5.02. The fraction of sp³-hybridized carbons (Fsp3) is 0.500. The fourth-order valence-electron chi connectivity index (χ4n) is 1.67. The van der Waals surface area contributed by atoms with Crippen molar-refractivity contribution in [2.24, 2.45) is 5.73 Å². The molecule has 1 aromatic rings. The van der Waals surface area contributed by atoms with E-state index in [2.05, 4.69) is 0 Å². The van der Waals surface area contributed by atoms with Gasteiger partial charge in [-0.2, -0.15) is 0 Å². The van der Waals surface area contributed by atoms with Crippen molar-refractivity contribution in [3.05, 3.63) is 29.0 Å². The van der Waals surface area contributed by atoms with E-state index in [9.17, 15) is 4.39 Å². The van der Waals surface area contributed by atoms with Gasteiger partial charge in [-0.05, 0) is 39.0 Å². The molecule has 0 saturated heterocycles. The van der Waals surface area contributed by atoms with Crippen molar-refractivity contribution in [1.82, 2.24) is 0 Å². The van der Waals surface area contributed by atoms with Crippen LogP contribution in [0.2, 0.25) is 5.02 Å². The molecule has 1 aromatic carbocycles. The highest BCUT2D eigenvalue weighted by Crippen LogP contribution is 2.29. The molecule has 2 nitrogen and oxygen atoms in total. The van der Waals surface area contributed by atoms with E-state index in [-0.39, 0.29) is 16.9 Å². The minimum Gasteiger partial charge on any atom is -0.486 e. The number of rotatable bonds is 4. The summed E-state index contributed by atoms with van der Waals surface area (Å²) < 4.78 is 18.6. The van der Waals surface area contributed by atoms with Crippen LogP contribution >= 0.6 is 11.6 Å². The Morgan fingerprint density at radius 2 is 2.12 bits per heavy atom. The van der Waals surface area contributed by atoms with E-state index in [0.29, 0.717) is 12.2 Å². The second-order valence-electron chi connectivity index (χ2n) is 4.62. The molecule has 1 rings (SSSR count). The summed E-state index contributed by atoms with van der Waals surface area (Å²) in [5.74, 6) is 0.107. The van der Waals surface area contributed by atoms with Crippen molar-refractivity contribution < 1.29 is 9.13 Å². The van der Waals surface area contributed by atoms with Gasteiger partial charge in [0, 0.05) is 12.5 Å². The maximum atomic E-state index is 12.8. The van der Waals surface area contributed by atoms with Crippen LogP contribution in [0.1, 0.15) is 27.2 Å². The molecule has 0 fully saturated rings. The van der Waals surface area contributed by atoms with Crippen LogP contribution in [0.25, 0.3) is 0 Å². The average molecular weight is 246 g/mol. The summed E-state index contributed by atoms with van der Waals surface area (Å²) in [6.45, 7) is 5.77. The summed E-state index contributed by atoms with van der Waals surface area (Å²) in [7, 11) is 0. The van der Waals surface area contributed by atoms with Gasteiger partial charge in [0.2, 0.25) is 0 Å². The molecule has 0 radical (unpaired) electrons. The van der Waals surface area contributed by atoms with Crippen LogP contribution in [-0.2, 0) is 0 Å². The first-order valence-electron chi connectivity index (χ1n) is 5.20. The number of nitrogens with two attached hydrogens (primary N) is 1. The number of hydrogen-bond donors (Lipinski definition) is 1. The zero-order valence-electron chi connectivity index (χ0n) is 9.76. The van der Waals surface area contributed by atoms with Crippen molar-refractivity contribution in [3.63, 3.8) is 0 Å².